The highest BCUT2D eigenvalue weighted by molar-refractivity contribution is 7.13. The van der Waals surface area contributed by atoms with Crippen LogP contribution in [0.15, 0.2) is 29.6 Å². The molecule has 1 heterocycles. The van der Waals surface area contributed by atoms with Crippen molar-refractivity contribution in [1.29, 1.82) is 0 Å². The third kappa shape index (κ3) is 2.81. The van der Waals surface area contributed by atoms with Crippen molar-refractivity contribution in [3.63, 3.8) is 0 Å². The second-order valence-electron chi connectivity index (χ2n) is 3.94. The number of carboxylic acids is 1. The predicted octanol–water partition coefficient (Wildman–Crippen LogP) is 2.91. The lowest BCUT2D eigenvalue weighted by Gasteiger charge is -2.10. The molecule has 0 spiro atoms. The number of hydrogen-bond acceptors (Lipinski definition) is 4. The highest BCUT2D eigenvalue weighted by Gasteiger charge is 2.34. The molecule has 0 saturated carbocycles. The Balaban J connectivity index is 2.46. The van der Waals surface area contributed by atoms with E-state index in [2.05, 4.69) is 4.98 Å². The van der Waals surface area contributed by atoms with Gasteiger partial charge in [0.1, 0.15) is 11.0 Å². The first-order valence-electron chi connectivity index (χ1n) is 5.41. The molecular weight excluding hydrogens is 293 g/mol. The predicted molar refractivity (Wildman–Crippen MR) is 67.1 cm³/mol. The number of rotatable bonds is 3. The molecule has 2 aromatic rings. The highest BCUT2D eigenvalue weighted by Crippen LogP contribution is 2.38. The smallest absolute Gasteiger partial charge is 0.417 e. The minimum absolute atomic E-state index is 0.0366. The molecule has 0 aliphatic carbocycles. The molecule has 1 atom stereocenters. The normalized spacial score (nSPS) is 13.2. The van der Waals surface area contributed by atoms with Crippen molar-refractivity contribution >= 4 is 17.3 Å². The van der Waals surface area contributed by atoms with Crippen LogP contribution < -0.4 is 5.73 Å². The van der Waals surface area contributed by atoms with Crippen molar-refractivity contribution in [2.45, 2.75) is 12.2 Å². The number of nitrogens with two attached hydrogens (primary N) is 1. The highest BCUT2D eigenvalue weighted by atomic mass is 32.1. The fourth-order valence-electron chi connectivity index (χ4n) is 1.60. The Morgan fingerprint density at radius 2 is 2.00 bits per heavy atom. The monoisotopic (exact) mass is 302 g/mol. The van der Waals surface area contributed by atoms with Crippen molar-refractivity contribution in [1.82, 2.24) is 4.98 Å². The second-order valence-corrected chi connectivity index (χ2v) is 4.79. The van der Waals surface area contributed by atoms with E-state index in [4.69, 9.17) is 10.8 Å². The van der Waals surface area contributed by atoms with Gasteiger partial charge in [-0.1, -0.05) is 18.2 Å². The molecule has 106 valence electrons. The average molecular weight is 302 g/mol. The molecular formula is C12H9F3N2O2S. The molecule has 0 saturated heterocycles. The van der Waals surface area contributed by atoms with E-state index in [-0.39, 0.29) is 16.3 Å². The zero-order chi connectivity index (χ0) is 14.9. The quantitative estimate of drug-likeness (QED) is 0.914. The molecule has 4 nitrogen and oxygen atoms in total. The molecule has 0 amide bonds. The van der Waals surface area contributed by atoms with Gasteiger partial charge in [0.2, 0.25) is 0 Å². The fourth-order valence-corrected chi connectivity index (χ4v) is 2.49. The Labute approximate surface area is 115 Å². The van der Waals surface area contributed by atoms with Gasteiger partial charge in [0.05, 0.1) is 11.3 Å². The summed E-state index contributed by atoms with van der Waals surface area (Å²) in [5.41, 5.74) is 4.51. The Morgan fingerprint density at radius 3 is 2.60 bits per heavy atom. The maximum absolute atomic E-state index is 12.9. The summed E-state index contributed by atoms with van der Waals surface area (Å²) >= 11 is 0.924. The molecule has 1 aromatic carbocycles. The topological polar surface area (TPSA) is 76.2 Å². The average Bonchev–Trinajstić information content (AvgIpc) is 2.86. The van der Waals surface area contributed by atoms with E-state index >= 15 is 0 Å². The van der Waals surface area contributed by atoms with Crippen LogP contribution in [0.25, 0.3) is 10.6 Å². The van der Waals surface area contributed by atoms with E-state index in [1.54, 1.807) is 0 Å². The number of aromatic nitrogens is 1. The van der Waals surface area contributed by atoms with Crippen LogP contribution in [-0.4, -0.2) is 16.1 Å². The van der Waals surface area contributed by atoms with Gasteiger partial charge >= 0.3 is 12.1 Å². The van der Waals surface area contributed by atoms with Crippen LogP contribution in [0, 0.1) is 0 Å². The van der Waals surface area contributed by atoms with Crippen LogP contribution in [0.3, 0.4) is 0 Å². The number of nitrogens with zero attached hydrogens (tertiary/aromatic N) is 1. The zero-order valence-electron chi connectivity index (χ0n) is 9.89. The van der Waals surface area contributed by atoms with Crippen molar-refractivity contribution in [2.24, 2.45) is 5.73 Å². The van der Waals surface area contributed by atoms with Gasteiger partial charge in [-0.15, -0.1) is 11.3 Å². The van der Waals surface area contributed by atoms with Gasteiger partial charge in [0.15, 0.2) is 0 Å². The number of thiazole rings is 1. The third-order valence-electron chi connectivity index (χ3n) is 2.57. The van der Waals surface area contributed by atoms with Crippen LogP contribution in [-0.2, 0) is 11.0 Å². The van der Waals surface area contributed by atoms with E-state index in [0.717, 1.165) is 17.4 Å². The SMILES string of the molecule is NC(C(=O)O)c1csc(-c2ccccc2C(F)(F)F)n1. The molecule has 0 radical (unpaired) electrons. The van der Waals surface area contributed by atoms with E-state index < -0.39 is 23.8 Å². The van der Waals surface area contributed by atoms with Gasteiger partial charge in [0, 0.05) is 10.9 Å². The second kappa shape index (κ2) is 5.22. The first kappa shape index (κ1) is 14.5. The van der Waals surface area contributed by atoms with Crippen LogP contribution in [0.2, 0.25) is 0 Å². The lowest BCUT2D eigenvalue weighted by atomic mass is 10.1. The summed E-state index contributed by atoms with van der Waals surface area (Å²) in [5.74, 6) is -1.29. The summed E-state index contributed by atoms with van der Waals surface area (Å²) in [4.78, 5) is 14.6. The Morgan fingerprint density at radius 1 is 1.35 bits per heavy atom. The van der Waals surface area contributed by atoms with E-state index in [0.29, 0.717) is 0 Å². The number of aliphatic carboxylic acids is 1. The molecule has 0 fully saturated rings. The summed E-state index contributed by atoms with van der Waals surface area (Å²) in [7, 11) is 0. The van der Waals surface area contributed by atoms with Crippen molar-refractivity contribution < 1.29 is 23.1 Å². The molecule has 1 unspecified atom stereocenters. The summed E-state index contributed by atoms with van der Waals surface area (Å²) in [6.07, 6.45) is -4.50. The number of benzene rings is 1. The van der Waals surface area contributed by atoms with E-state index in [1.165, 1.54) is 23.6 Å². The van der Waals surface area contributed by atoms with Gasteiger partial charge in [-0.3, -0.25) is 4.79 Å². The lowest BCUT2D eigenvalue weighted by Crippen LogP contribution is -2.20. The summed E-state index contributed by atoms with van der Waals surface area (Å²) < 4.78 is 38.7. The van der Waals surface area contributed by atoms with E-state index in [9.17, 15) is 18.0 Å². The van der Waals surface area contributed by atoms with E-state index in [1.807, 2.05) is 0 Å². The van der Waals surface area contributed by atoms with Gasteiger partial charge < -0.3 is 10.8 Å². The Bertz CT molecular complexity index is 640. The fraction of sp³-hybridized carbons (Fsp3) is 0.167. The van der Waals surface area contributed by atoms with Crippen LogP contribution in [0.5, 0.6) is 0 Å². The number of carbonyl (C=O) groups is 1. The van der Waals surface area contributed by atoms with Gasteiger partial charge in [0.25, 0.3) is 0 Å². The first-order valence-corrected chi connectivity index (χ1v) is 6.29. The van der Waals surface area contributed by atoms with Crippen LogP contribution in [0.4, 0.5) is 13.2 Å². The molecule has 8 heteroatoms. The number of alkyl halides is 3. The standard InChI is InChI=1S/C12H9F3N2O2S/c13-12(14,15)7-4-2-1-3-6(7)10-17-8(5-20-10)9(16)11(18)19/h1-5,9H,16H2,(H,18,19). The van der Waals surface area contributed by atoms with Gasteiger partial charge in [-0.25, -0.2) is 4.98 Å². The molecule has 0 aliphatic heterocycles. The molecule has 20 heavy (non-hydrogen) atoms. The minimum Gasteiger partial charge on any atom is -0.480 e. The Kier molecular flexibility index (Phi) is 3.78. The molecule has 1 aromatic heterocycles. The molecule has 0 bridgehead atoms. The molecule has 0 aliphatic rings. The van der Waals surface area contributed by atoms with Gasteiger partial charge in [-0.05, 0) is 6.07 Å². The van der Waals surface area contributed by atoms with Crippen molar-refractivity contribution in [2.75, 3.05) is 0 Å². The summed E-state index contributed by atoms with van der Waals surface area (Å²) in [6.45, 7) is 0. The van der Waals surface area contributed by atoms with Gasteiger partial charge in [-0.2, -0.15) is 13.2 Å². The van der Waals surface area contributed by atoms with Crippen LogP contribution in [0.1, 0.15) is 17.3 Å². The number of halogens is 3. The summed E-state index contributed by atoms with van der Waals surface area (Å²) in [5, 5.41) is 10.2. The molecule has 2 rings (SSSR count). The van der Waals surface area contributed by atoms with Crippen molar-refractivity contribution in [3.05, 3.63) is 40.9 Å². The largest absolute Gasteiger partial charge is 0.480 e. The minimum atomic E-state index is -4.50. The lowest BCUT2D eigenvalue weighted by molar-refractivity contribution is -0.139. The van der Waals surface area contributed by atoms with Crippen LogP contribution >= 0.6 is 11.3 Å². The first-order chi connectivity index (χ1) is 9.30. The Hall–Kier alpha value is -1.93. The summed E-state index contributed by atoms with van der Waals surface area (Å²) in [6, 6.07) is 3.63. The maximum atomic E-state index is 12.9. The number of carboxylic acid groups (broad SMARTS) is 1. The van der Waals surface area contributed by atoms with Crippen molar-refractivity contribution in [3.8, 4) is 10.6 Å². The molecule has 3 N–H and O–H groups in total. The third-order valence-corrected chi connectivity index (χ3v) is 3.46. The maximum Gasteiger partial charge on any atom is 0.417 e. The zero-order valence-corrected chi connectivity index (χ0v) is 10.7. The number of hydrogen-bond donors (Lipinski definition) is 2.